The van der Waals surface area contributed by atoms with Crippen LogP contribution in [0.3, 0.4) is 0 Å². The predicted molar refractivity (Wildman–Crippen MR) is 116 cm³/mol. The molecule has 0 heterocycles. The lowest BCUT2D eigenvalue weighted by molar-refractivity contribution is -0.119. The lowest BCUT2D eigenvalue weighted by atomic mass is 10.1. The third-order valence-corrected chi connectivity index (χ3v) is 5.53. The number of ether oxygens (including phenoxy) is 1. The van der Waals surface area contributed by atoms with Crippen molar-refractivity contribution >= 4 is 32.4 Å². The average Bonchev–Trinajstić information content (AvgIpc) is 2.68. The number of nitrogens with zero attached hydrogens (tertiary/aromatic N) is 1. The van der Waals surface area contributed by atoms with Gasteiger partial charge in [0.1, 0.15) is 18.9 Å². The number of amides is 1. The highest BCUT2D eigenvalue weighted by atomic mass is 32.2. The number of carbonyl (C=O) groups is 1. The summed E-state index contributed by atoms with van der Waals surface area (Å²) in [4.78, 5) is 12.3. The molecule has 0 aliphatic rings. The molecule has 0 saturated carbocycles. The van der Waals surface area contributed by atoms with Crippen LogP contribution in [-0.2, 0) is 14.8 Å². The van der Waals surface area contributed by atoms with Crippen LogP contribution in [0.1, 0.15) is 5.56 Å². The van der Waals surface area contributed by atoms with Gasteiger partial charge in [-0.3, -0.25) is 9.10 Å². The smallest absolute Gasteiger partial charge is 0.240 e. The van der Waals surface area contributed by atoms with E-state index in [0.717, 1.165) is 32.6 Å². The Morgan fingerprint density at radius 3 is 2.48 bits per heavy atom. The SMILES string of the molecule is Cc1cccc(N(CC(=O)NCCOc2ccc3ccccc3c2)S(C)(=O)=O)c1. The molecule has 1 N–H and O–H groups in total. The fourth-order valence-electron chi connectivity index (χ4n) is 2.99. The highest BCUT2D eigenvalue weighted by Crippen LogP contribution is 2.20. The Labute approximate surface area is 171 Å². The summed E-state index contributed by atoms with van der Waals surface area (Å²) in [6.07, 6.45) is 1.09. The molecule has 0 aliphatic carbocycles. The van der Waals surface area contributed by atoms with Crippen LogP contribution in [0.2, 0.25) is 0 Å². The van der Waals surface area contributed by atoms with Gasteiger partial charge in [-0.2, -0.15) is 0 Å². The Morgan fingerprint density at radius 2 is 1.76 bits per heavy atom. The lowest BCUT2D eigenvalue weighted by Crippen LogP contribution is -2.41. The Morgan fingerprint density at radius 1 is 1.00 bits per heavy atom. The summed E-state index contributed by atoms with van der Waals surface area (Å²) in [5, 5.41) is 4.92. The number of anilines is 1. The van der Waals surface area contributed by atoms with Gasteiger partial charge in [-0.05, 0) is 47.5 Å². The van der Waals surface area contributed by atoms with E-state index >= 15 is 0 Å². The van der Waals surface area contributed by atoms with Gasteiger partial charge >= 0.3 is 0 Å². The van der Waals surface area contributed by atoms with Crippen LogP contribution in [0.5, 0.6) is 5.75 Å². The van der Waals surface area contributed by atoms with Crippen molar-refractivity contribution in [2.24, 2.45) is 0 Å². The van der Waals surface area contributed by atoms with Gasteiger partial charge in [-0.1, -0.05) is 42.5 Å². The Kier molecular flexibility index (Phi) is 6.39. The fraction of sp³-hybridized carbons (Fsp3) is 0.227. The first-order valence-corrected chi connectivity index (χ1v) is 11.1. The van der Waals surface area contributed by atoms with Gasteiger partial charge in [0, 0.05) is 0 Å². The normalized spacial score (nSPS) is 11.2. The van der Waals surface area contributed by atoms with Gasteiger partial charge in [0.05, 0.1) is 18.5 Å². The van der Waals surface area contributed by atoms with Crippen LogP contribution >= 0.6 is 0 Å². The summed E-state index contributed by atoms with van der Waals surface area (Å²) in [5.41, 5.74) is 1.38. The van der Waals surface area contributed by atoms with Crippen LogP contribution in [0.4, 0.5) is 5.69 Å². The fourth-order valence-corrected chi connectivity index (χ4v) is 3.83. The standard InChI is InChI=1S/C22H24N2O4S/c1-17-6-5-9-20(14-17)24(29(2,26)27)16-22(25)23-12-13-28-21-11-10-18-7-3-4-8-19(18)15-21/h3-11,14-15H,12-13,16H2,1-2H3,(H,23,25). The monoisotopic (exact) mass is 412 g/mol. The van der Waals surface area contributed by atoms with E-state index in [-0.39, 0.29) is 25.6 Å². The van der Waals surface area contributed by atoms with Crippen molar-refractivity contribution in [1.82, 2.24) is 5.32 Å². The highest BCUT2D eigenvalue weighted by molar-refractivity contribution is 7.92. The molecule has 0 unspecified atom stereocenters. The quantitative estimate of drug-likeness (QED) is 0.577. The van der Waals surface area contributed by atoms with Crippen LogP contribution in [-0.4, -0.2) is 40.3 Å². The molecule has 0 bridgehead atoms. The first-order chi connectivity index (χ1) is 13.8. The molecule has 152 valence electrons. The van der Waals surface area contributed by atoms with E-state index < -0.39 is 10.0 Å². The van der Waals surface area contributed by atoms with Gasteiger partial charge < -0.3 is 10.1 Å². The van der Waals surface area contributed by atoms with Crippen molar-refractivity contribution in [2.45, 2.75) is 6.92 Å². The average molecular weight is 413 g/mol. The minimum atomic E-state index is -3.58. The molecule has 0 aromatic heterocycles. The van der Waals surface area contributed by atoms with Crippen LogP contribution in [0, 0.1) is 6.92 Å². The van der Waals surface area contributed by atoms with Crippen molar-refractivity contribution < 1.29 is 17.9 Å². The number of rotatable bonds is 8. The molecular weight excluding hydrogens is 388 g/mol. The zero-order valence-electron chi connectivity index (χ0n) is 16.5. The summed E-state index contributed by atoms with van der Waals surface area (Å²) in [7, 11) is -3.58. The number of hydrogen-bond acceptors (Lipinski definition) is 4. The summed E-state index contributed by atoms with van der Waals surface area (Å²) < 4.78 is 31.0. The van der Waals surface area contributed by atoms with Gasteiger partial charge in [0.2, 0.25) is 15.9 Å². The summed E-state index contributed by atoms with van der Waals surface area (Å²) in [5.74, 6) is 0.328. The highest BCUT2D eigenvalue weighted by Gasteiger charge is 2.20. The maximum Gasteiger partial charge on any atom is 0.240 e. The molecular formula is C22H24N2O4S. The summed E-state index contributed by atoms with van der Waals surface area (Å²) >= 11 is 0. The third-order valence-electron chi connectivity index (χ3n) is 4.39. The molecule has 1 amide bonds. The minimum Gasteiger partial charge on any atom is -0.492 e. The Hall–Kier alpha value is -3.06. The van der Waals surface area contributed by atoms with Gasteiger partial charge in [-0.15, -0.1) is 0 Å². The molecule has 0 fully saturated rings. The van der Waals surface area contributed by atoms with E-state index in [1.807, 2.05) is 55.5 Å². The van der Waals surface area contributed by atoms with E-state index in [1.54, 1.807) is 18.2 Å². The van der Waals surface area contributed by atoms with Crippen molar-refractivity contribution in [3.05, 3.63) is 72.3 Å². The molecule has 3 aromatic rings. The largest absolute Gasteiger partial charge is 0.492 e. The number of fused-ring (bicyclic) bond motifs is 1. The summed E-state index contributed by atoms with van der Waals surface area (Å²) in [6.45, 7) is 2.15. The first-order valence-electron chi connectivity index (χ1n) is 9.25. The van der Waals surface area contributed by atoms with E-state index in [2.05, 4.69) is 5.32 Å². The van der Waals surface area contributed by atoms with E-state index in [1.165, 1.54) is 0 Å². The number of aryl methyl sites for hydroxylation is 1. The number of sulfonamides is 1. The van der Waals surface area contributed by atoms with Crippen molar-refractivity contribution in [3.8, 4) is 5.75 Å². The Bertz CT molecular complexity index is 1110. The van der Waals surface area contributed by atoms with E-state index in [0.29, 0.717) is 5.69 Å². The molecule has 0 spiro atoms. The number of benzene rings is 3. The molecule has 7 heteroatoms. The predicted octanol–water partition coefficient (Wildman–Crippen LogP) is 3.11. The second-order valence-corrected chi connectivity index (χ2v) is 8.72. The maximum atomic E-state index is 12.3. The van der Waals surface area contributed by atoms with Crippen molar-refractivity contribution in [1.29, 1.82) is 0 Å². The van der Waals surface area contributed by atoms with Gasteiger partial charge in [0.25, 0.3) is 0 Å². The van der Waals surface area contributed by atoms with Gasteiger partial charge in [-0.25, -0.2) is 8.42 Å². The molecule has 3 aromatic carbocycles. The minimum absolute atomic E-state index is 0.275. The number of hydrogen-bond donors (Lipinski definition) is 1. The molecule has 6 nitrogen and oxygen atoms in total. The zero-order valence-corrected chi connectivity index (χ0v) is 17.3. The van der Waals surface area contributed by atoms with Crippen molar-refractivity contribution in [3.63, 3.8) is 0 Å². The second kappa shape index (κ2) is 8.96. The number of nitrogens with one attached hydrogen (secondary N) is 1. The number of carbonyl (C=O) groups excluding carboxylic acids is 1. The van der Waals surface area contributed by atoms with Crippen LogP contribution < -0.4 is 14.4 Å². The third kappa shape index (κ3) is 5.71. The molecule has 0 radical (unpaired) electrons. The maximum absolute atomic E-state index is 12.3. The van der Waals surface area contributed by atoms with Gasteiger partial charge in [0.15, 0.2) is 0 Å². The molecule has 0 atom stereocenters. The van der Waals surface area contributed by atoms with E-state index in [9.17, 15) is 13.2 Å². The van der Waals surface area contributed by atoms with Crippen LogP contribution in [0.15, 0.2) is 66.7 Å². The molecule has 3 rings (SSSR count). The first kappa shape index (κ1) is 20.7. The summed E-state index contributed by atoms with van der Waals surface area (Å²) in [6, 6.07) is 20.8. The molecule has 0 saturated heterocycles. The molecule has 29 heavy (non-hydrogen) atoms. The zero-order chi connectivity index (χ0) is 20.9. The Balaban J connectivity index is 1.53. The molecule has 0 aliphatic heterocycles. The topological polar surface area (TPSA) is 75.7 Å². The van der Waals surface area contributed by atoms with Crippen molar-refractivity contribution in [2.75, 3.05) is 30.3 Å². The lowest BCUT2D eigenvalue weighted by Gasteiger charge is -2.22. The van der Waals surface area contributed by atoms with Crippen LogP contribution in [0.25, 0.3) is 10.8 Å². The van der Waals surface area contributed by atoms with E-state index in [4.69, 9.17) is 4.74 Å². The second-order valence-electron chi connectivity index (χ2n) is 6.82.